The molecule has 0 saturated heterocycles. The summed E-state index contributed by atoms with van der Waals surface area (Å²) < 4.78 is 45.9. The standard InChI is InChI=1S/C31H28N2O10S/c1-18-15-20(30(36)43-33-26(34)11-12-27(33)35)16-19(2)29(18)42-31(37)28-22-7-4-5-8-24(22)32(13-6-14-44(38,39)40)25-10-9-21(41-3)17-23(25)28/h4-5,7-12,15-17H,6,13-14H2,1-3H3,(H2,37,38,39,40)/p+1. The zero-order chi connectivity index (χ0) is 31.8. The van der Waals surface area contributed by atoms with Crippen molar-refractivity contribution in [1.29, 1.82) is 0 Å². The van der Waals surface area contributed by atoms with Crippen LogP contribution < -0.4 is 18.9 Å². The minimum Gasteiger partial charge on any atom is -0.497 e. The molecule has 13 heteroatoms. The summed E-state index contributed by atoms with van der Waals surface area (Å²) in [6, 6.07) is 17.6. The highest BCUT2D eigenvalue weighted by atomic mass is 32.2. The second-order valence-electron chi connectivity index (χ2n) is 10.1. The van der Waals surface area contributed by atoms with E-state index in [1.165, 1.54) is 19.2 Å². The molecule has 0 unspecified atom stereocenters. The second-order valence-corrected chi connectivity index (χ2v) is 11.7. The summed E-state index contributed by atoms with van der Waals surface area (Å²) in [6.07, 6.45) is 0.134. The number of para-hydroxylation sites is 1. The number of carbonyl (C=O) groups excluding carboxylic acids is 2. The number of hydrogen-bond acceptors (Lipinski definition) is 9. The molecule has 0 fully saturated rings. The van der Waals surface area contributed by atoms with E-state index in [0.29, 0.717) is 43.4 Å². The van der Waals surface area contributed by atoms with Gasteiger partial charge in [0.15, 0.2) is 6.54 Å². The van der Waals surface area contributed by atoms with Gasteiger partial charge in [-0.05, 0) is 55.3 Å². The molecule has 0 spiro atoms. The topological polar surface area (TPSA) is 165 Å². The van der Waals surface area contributed by atoms with Crippen LogP contribution >= 0.6 is 0 Å². The molecular formula is C31H29N2O10S+. The molecule has 3 N–H and O–H groups in total. The molecule has 0 aliphatic rings. The number of pyridine rings is 1. The first-order valence-corrected chi connectivity index (χ1v) is 15.0. The average molecular weight is 622 g/mol. The third-order valence-electron chi connectivity index (χ3n) is 7.08. The molecule has 12 nitrogen and oxygen atoms in total. The lowest BCUT2D eigenvalue weighted by Crippen LogP contribution is -2.37. The first-order chi connectivity index (χ1) is 20.9. The van der Waals surface area contributed by atoms with Gasteiger partial charge in [0.25, 0.3) is 10.1 Å². The van der Waals surface area contributed by atoms with Crippen LogP contribution in [0.15, 0.2) is 66.7 Å². The second kappa shape index (κ2) is 11.9. The first-order valence-electron chi connectivity index (χ1n) is 13.4. The highest BCUT2D eigenvalue weighted by Crippen LogP contribution is 2.32. The van der Waals surface area contributed by atoms with E-state index in [1.807, 2.05) is 4.57 Å². The Bertz CT molecular complexity index is 2010. The van der Waals surface area contributed by atoms with Gasteiger partial charge in [0.2, 0.25) is 22.8 Å². The van der Waals surface area contributed by atoms with Gasteiger partial charge in [-0.1, -0.05) is 12.1 Å². The van der Waals surface area contributed by atoms with E-state index >= 15 is 0 Å². The van der Waals surface area contributed by atoms with Gasteiger partial charge in [0, 0.05) is 30.7 Å². The van der Waals surface area contributed by atoms with Crippen LogP contribution in [0.25, 0.3) is 21.8 Å². The summed E-state index contributed by atoms with van der Waals surface area (Å²) in [5, 5.41) is 20.6. The molecule has 0 bridgehead atoms. The monoisotopic (exact) mass is 621 g/mol. The fourth-order valence-corrected chi connectivity index (χ4v) is 5.64. The SMILES string of the molecule is COc1ccc2c(c1)c(C(=O)Oc1c(C)cc(C(=O)On3c(O)ccc3O)cc1C)c1ccccc1[n+]2CCCS(=O)(=O)O. The fourth-order valence-electron chi connectivity index (χ4n) is 5.14. The molecule has 44 heavy (non-hydrogen) atoms. The van der Waals surface area contributed by atoms with Crippen molar-refractivity contribution in [2.75, 3.05) is 12.9 Å². The van der Waals surface area contributed by atoms with Crippen molar-refractivity contribution in [2.24, 2.45) is 0 Å². The number of carbonyl (C=O) groups is 2. The molecule has 0 radical (unpaired) electrons. The number of aryl methyl sites for hydroxylation is 3. The predicted molar refractivity (Wildman–Crippen MR) is 159 cm³/mol. The number of aromatic nitrogens is 2. The average Bonchev–Trinajstić information content (AvgIpc) is 3.29. The lowest BCUT2D eigenvalue weighted by atomic mass is 10.0. The third kappa shape index (κ3) is 6.00. The van der Waals surface area contributed by atoms with Crippen molar-refractivity contribution in [2.45, 2.75) is 26.8 Å². The Morgan fingerprint density at radius 1 is 0.864 bits per heavy atom. The Labute approximate surface area is 252 Å². The van der Waals surface area contributed by atoms with E-state index in [2.05, 4.69) is 0 Å². The quantitative estimate of drug-likeness (QED) is 0.0723. The zero-order valence-electron chi connectivity index (χ0n) is 24.0. The van der Waals surface area contributed by atoms with Crippen molar-refractivity contribution in [3.63, 3.8) is 0 Å². The highest BCUT2D eigenvalue weighted by Gasteiger charge is 2.27. The zero-order valence-corrected chi connectivity index (χ0v) is 24.8. The van der Waals surface area contributed by atoms with E-state index in [0.717, 1.165) is 12.1 Å². The Morgan fingerprint density at radius 3 is 2.14 bits per heavy atom. The van der Waals surface area contributed by atoms with Gasteiger partial charge < -0.3 is 24.5 Å². The number of ether oxygens (including phenoxy) is 2. The summed E-state index contributed by atoms with van der Waals surface area (Å²) in [4.78, 5) is 31.8. The van der Waals surface area contributed by atoms with Crippen molar-refractivity contribution < 1.29 is 51.7 Å². The summed E-state index contributed by atoms with van der Waals surface area (Å²) in [5.41, 5.74) is 2.52. The Kier molecular flexibility index (Phi) is 8.17. The highest BCUT2D eigenvalue weighted by molar-refractivity contribution is 7.85. The summed E-state index contributed by atoms with van der Waals surface area (Å²) in [7, 11) is -2.66. The van der Waals surface area contributed by atoms with Crippen molar-refractivity contribution in [3.05, 3.63) is 89.0 Å². The Balaban J connectivity index is 1.55. The molecule has 5 rings (SSSR count). The molecule has 0 aliphatic carbocycles. The number of rotatable bonds is 9. The molecule has 5 aromatic rings. The number of methoxy groups -OCH3 is 1. The van der Waals surface area contributed by atoms with E-state index in [1.54, 1.807) is 56.3 Å². The van der Waals surface area contributed by atoms with Gasteiger partial charge in [-0.25, -0.2) is 9.59 Å². The van der Waals surface area contributed by atoms with E-state index in [4.69, 9.17) is 14.3 Å². The predicted octanol–water partition coefficient (Wildman–Crippen LogP) is 3.88. The molecule has 0 atom stereocenters. The number of hydrogen-bond donors (Lipinski definition) is 3. The minimum absolute atomic E-state index is 0.0959. The Hall–Kier alpha value is -5.14. The molecule has 0 aliphatic heterocycles. The lowest BCUT2D eigenvalue weighted by Gasteiger charge is -2.15. The number of aromatic hydroxyl groups is 2. The van der Waals surface area contributed by atoms with Gasteiger partial charge in [-0.15, -0.1) is 4.73 Å². The van der Waals surface area contributed by atoms with Crippen molar-refractivity contribution in [3.8, 4) is 23.3 Å². The number of esters is 1. The van der Waals surface area contributed by atoms with Gasteiger partial charge in [0.1, 0.15) is 11.5 Å². The third-order valence-corrected chi connectivity index (χ3v) is 7.88. The van der Waals surface area contributed by atoms with Crippen LogP contribution in [0.5, 0.6) is 23.3 Å². The van der Waals surface area contributed by atoms with E-state index < -0.39 is 39.6 Å². The van der Waals surface area contributed by atoms with Crippen LogP contribution in [0.1, 0.15) is 38.3 Å². The van der Waals surface area contributed by atoms with Crippen LogP contribution in [0.3, 0.4) is 0 Å². The minimum atomic E-state index is -4.16. The first kappa shape index (κ1) is 30.3. The molecule has 2 heterocycles. The fraction of sp³-hybridized carbons (Fsp3) is 0.194. The van der Waals surface area contributed by atoms with E-state index in [-0.39, 0.29) is 29.8 Å². The van der Waals surface area contributed by atoms with Crippen LogP contribution in [0.2, 0.25) is 0 Å². The van der Waals surface area contributed by atoms with Crippen LogP contribution in [-0.2, 0) is 16.7 Å². The van der Waals surface area contributed by atoms with Gasteiger partial charge in [-0.2, -0.15) is 13.0 Å². The largest absolute Gasteiger partial charge is 0.497 e. The molecule has 2 aromatic heterocycles. The molecule has 3 aromatic carbocycles. The van der Waals surface area contributed by atoms with Crippen molar-refractivity contribution in [1.82, 2.24) is 4.73 Å². The number of benzene rings is 3. The molecular weight excluding hydrogens is 592 g/mol. The summed E-state index contributed by atoms with van der Waals surface area (Å²) >= 11 is 0. The van der Waals surface area contributed by atoms with Gasteiger partial charge in [-0.3, -0.25) is 4.55 Å². The molecule has 0 saturated carbocycles. The summed E-state index contributed by atoms with van der Waals surface area (Å²) in [5.74, 6) is -2.17. The summed E-state index contributed by atoms with van der Waals surface area (Å²) in [6.45, 7) is 3.56. The number of nitrogens with zero attached hydrogens (tertiary/aromatic N) is 2. The van der Waals surface area contributed by atoms with Gasteiger partial charge in [0.05, 0.1) is 34.8 Å². The number of fused-ring (bicyclic) bond motifs is 2. The van der Waals surface area contributed by atoms with Crippen LogP contribution in [0.4, 0.5) is 0 Å². The maximum Gasteiger partial charge on any atom is 0.363 e. The molecule has 0 amide bonds. The molecule has 228 valence electrons. The van der Waals surface area contributed by atoms with E-state index in [9.17, 15) is 32.8 Å². The smallest absolute Gasteiger partial charge is 0.363 e. The van der Waals surface area contributed by atoms with Crippen LogP contribution in [-0.4, -0.2) is 52.7 Å². The maximum absolute atomic E-state index is 14.0. The maximum atomic E-state index is 14.0. The normalized spacial score (nSPS) is 11.5. The lowest BCUT2D eigenvalue weighted by molar-refractivity contribution is -0.645. The van der Waals surface area contributed by atoms with Crippen LogP contribution in [0, 0.1) is 13.8 Å². The van der Waals surface area contributed by atoms with Crippen molar-refractivity contribution >= 4 is 43.9 Å². The van der Waals surface area contributed by atoms with Gasteiger partial charge >= 0.3 is 11.9 Å². The Morgan fingerprint density at radius 2 is 1.50 bits per heavy atom.